The van der Waals surface area contributed by atoms with Crippen LogP contribution in [-0.2, 0) is 19.4 Å². The molecular formula is C16H20ClN5O2. The number of carbonyl (C=O) groups excluding carboxylic acids is 1. The molecule has 128 valence electrons. The van der Waals surface area contributed by atoms with Crippen LogP contribution in [0.5, 0.6) is 5.75 Å². The third-order valence-corrected chi connectivity index (χ3v) is 4.12. The van der Waals surface area contributed by atoms with Crippen LogP contribution >= 0.6 is 11.6 Å². The van der Waals surface area contributed by atoms with Gasteiger partial charge in [-0.15, -0.1) is 10.2 Å². The average molecular weight is 350 g/mol. The van der Waals surface area contributed by atoms with Crippen LogP contribution in [0.25, 0.3) is 0 Å². The fourth-order valence-electron chi connectivity index (χ4n) is 2.75. The number of hydrogen-bond acceptors (Lipinski definition) is 4. The van der Waals surface area contributed by atoms with Crippen molar-refractivity contribution in [2.24, 2.45) is 0 Å². The molecule has 1 aliphatic rings. The van der Waals surface area contributed by atoms with Crippen molar-refractivity contribution in [3.63, 3.8) is 0 Å². The normalized spacial score (nSPS) is 12.8. The third kappa shape index (κ3) is 3.62. The number of nitrogens with one attached hydrogen (secondary N) is 2. The Bertz CT molecular complexity index is 731. The van der Waals surface area contributed by atoms with Gasteiger partial charge in [-0.2, -0.15) is 0 Å². The highest BCUT2D eigenvalue weighted by Gasteiger charge is 2.17. The van der Waals surface area contributed by atoms with Gasteiger partial charge in [0.05, 0.1) is 17.3 Å². The number of fused-ring (bicyclic) bond motifs is 1. The highest BCUT2D eigenvalue weighted by atomic mass is 35.5. The number of aromatic nitrogens is 3. The molecule has 2 amide bonds. The lowest BCUT2D eigenvalue weighted by molar-refractivity contribution is 0.252. The highest BCUT2D eigenvalue weighted by Crippen LogP contribution is 2.32. The van der Waals surface area contributed by atoms with Gasteiger partial charge in [0.2, 0.25) is 0 Å². The van der Waals surface area contributed by atoms with Gasteiger partial charge in [0.15, 0.2) is 5.75 Å². The van der Waals surface area contributed by atoms with E-state index >= 15 is 0 Å². The van der Waals surface area contributed by atoms with Crippen LogP contribution in [0.1, 0.15) is 25.0 Å². The van der Waals surface area contributed by atoms with Crippen molar-refractivity contribution in [2.75, 3.05) is 18.5 Å². The molecule has 0 unspecified atom stereocenters. The van der Waals surface area contributed by atoms with Crippen molar-refractivity contribution in [1.82, 2.24) is 20.1 Å². The Balaban J connectivity index is 1.53. The number of halogens is 1. The second kappa shape index (κ2) is 7.53. The van der Waals surface area contributed by atoms with Crippen LogP contribution in [0.15, 0.2) is 18.2 Å². The molecule has 7 nitrogen and oxygen atoms in total. The molecular weight excluding hydrogens is 330 g/mol. The second-order valence-corrected chi connectivity index (χ2v) is 5.88. The maximum Gasteiger partial charge on any atom is 0.319 e. The summed E-state index contributed by atoms with van der Waals surface area (Å²) in [6.07, 6.45) is 2.74. The summed E-state index contributed by atoms with van der Waals surface area (Å²) in [5.74, 6) is 2.43. The quantitative estimate of drug-likeness (QED) is 0.840. The summed E-state index contributed by atoms with van der Waals surface area (Å²) in [4.78, 5) is 12.1. The average Bonchev–Trinajstić information content (AvgIpc) is 3.15. The van der Waals surface area contributed by atoms with Gasteiger partial charge >= 0.3 is 6.03 Å². The van der Waals surface area contributed by atoms with Crippen molar-refractivity contribution in [1.29, 1.82) is 0 Å². The first kappa shape index (κ1) is 16.6. The lowest BCUT2D eigenvalue weighted by Gasteiger charge is -2.13. The smallest absolute Gasteiger partial charge is 0.319 e. The van der Waals surface area contributed by atoms with Crippen LogP contribution in [0.4, 0.5) is 10.5 Å². The summed E-state index contributed by atoms with van der Waals surface area (Å²) in [6, 6.07) is 4.93. The number of rotatable bonds is 6. The van der Waals surface area contributed by atoms with E-state index in [-0.39, 0.29) is 6.03 Å². The number of para-hydroxylation sites is 1. The number of hydrogen-bond donors (Lipinski definition) is 2. The monoisotopic (exact) mass is 349 g/mol. The van der Waals surface area contributed by atoms with E-state index in [0.717, 1.165) is 31.0 Å². The van der Waals surface area contributed by atoms with E-state index in [4.69, 9.17) is 16.3 Å². The Labute approximate surface area is 145 Å². The Morgan fingerprint density at radius 3 is 3.12 bits per heavy atom. The van der Waals surface area contributed by atoms with Crippen LogP contribution in [-0.4, -0.2) is 33.9 Å². The molecule has 2 heterocycles. The number of anilines is 1. The Morgan fingerprint density at radius 1 is 1.42 bits per heavy atom. The topological polar surface area (TPSA) is 81.1 Å². The highest BCUT2D eigenvalue weighted by molar-refractivity contribution is 6.32. The van der Waals surface area contributed by atoms with Crippen LogP contribution in [0.3, 0.4) is 0 Å². The molecule has 0 bridgehead atoms. The van der Waals surface area contributed by atoms with E-state index < -0.39 is 0 Å². The van der Waals surface area contributed by atoms with Gasteiger partial charge in [-0.05, 0) is 25.5 Å². The molecule has 2 N–H and O–H groups in total. The molecule has 0 atom stereocenters. The molecule has 1 aliphatic heterocycles. The van der Waals surface area contributed by atoms with E-state index in [2.05, 4.69) is 25.4 Å². The predicted octanol–water partition coefficient (Wildman–Crippen LogP) is 2.64. The van der Waals surface area contributed by atoms with Gasteiger partial charge in [0.25, 0.3) is 0 Å². The van der Waals surface area contributed by atoms with Gasteiger partial charge in [0, 0.05) is 25.9 Å². The SMILES string of the molecule is CCOc1c(Cl)cccc1NC(=O)NCCc1nnc2n1CCC2. The second-order valence-electron chi connectivity index (χ2n) is 5.47. The molecule has 24 heavy (non-hydrogen) atoms. The summed E-state index contributed by atoms with van der Waals surface area (Å²) in [6.45, 7) is 3.78. The predicted molar refractivity (Wildman–Crippen MR) is 91.7 cm³/mol. The molecule has 0 saturated heterocycles. The summed E-state index contributed by atoms with van der Waals surface area (Å²) < 4.78 is 7.62. The number of aryl methyl sites for hydroxylation is 1. The first-order valence-corrected chi connectivity index (χ1v) is 8.44. The van der Waals surface area contributed by atoms with E-state index in [1.165, 1.54) is 0 Å². The summed E-state index contributed by atoms with van der Waals surface area (Å²) in [5.41, 5.74) is 0.546. The molecule has 0 saturated carbocycles. The molecule has 0 fully saturated rings. The van der Waals surface area contributed by atoms with Crippen molar-refractivity contribution in [3.05, 3.63) is 34.9 Å². The van der Waals surface area contributed by atoms with Gasteiger partial charge in [-0.1, -0.05) is 17.7 Å². The summed E-state index contributed by atoms with van der Waals surface area (Å²) in [7, 11) is 0. The number of urea groups is 1. The maximum atomic E-state index is 12.1. The standard InChI is InChI=1S/C16H20ClN5O2/c1-2-24-15-11(17)5-3-6-12(15)19-16(23)18-9-8-14-21-20-13-7-4-10-22(13)14/h3,5-6H,2,4,7-10H2,1H3,(H2,18,19,23). The largest absolute Gasteiger partial charge is 0.490 e. The lowest BCUT2D eigenvalue weighted by atomic mass is 10.3. The van der Waals surface area contributed by atoms with Crippen molar-refractivity contribution >= 4 is 23.3 Å². The fourth-order valence-corrected chi connectivity index (χ4v) is 2.98. The molecule has 1 aromatic carbocycles. The van der Waals surface area contributed by atoms with Crippen molar-refractivity contribution in [3.8, 4) is 5.75 Å². The number of benzene rings is 1. The van der Waals surface area contributed by atoms with Crippen LogP contribution in [0.2, 0.25) is 5.02 Å². The zero-order valence-corrected chi connectivity index (χ0v) is 14.3. The molecule has 3 rings (SSSR count). The van der Waals surface area contributed by atoms with E-state index in [1.54, 1.807) is 18.2 Å². The molecule has 2 aromatic rings. The van der Waals surface area contributed by atoms with Crippen molar-refractivity contribution in [2.45, 2.75) is 32.7 Å². The van der Waals surface area contributed by atoms with Crippen LogP contribution in [0, 0.1) is 0 Å². The van der Waals surface area contributed by atoms with E-state index in [9.17, 15) is 4.79 Å². The number of amides is 2. The third-order valence-electron chi connectivity index (χ3n) is 3.82. The zero-order valence-electron chi connectivity index (χ0n) is 13.5. The summed E-state index contributed by atoms with van der Waals surface area (Å²) >= 11 is 6.10. The van der Waals surface area contributed by atoms with Gasteiger partial charge in [0.1, 0.15) is 11.6 Å². The summed E-state index contributed by atoms with van der Waals surface area (Å²) in [5, 5.41) is 14.4. The van der Waals surface area contributed by atoms with E-state index in [1.807, 2.05) is 6.92 Å². The fraction of sp³-hybridized carbons (Fsp3) is 0.438. The Morgan fingerprint density at radius 2 is 2.29 bits per heavy atom. The molecule has 1 aromatic heterocycles. The minimum Gasteiger partial charge on any atom is -0.490 e. The van der Waals surface area contributed by atoms with Crippen molar-refractivity contribution < 1.29 is 9.53 Å². The lowest BCUT2D eigenvalue weighted by Crippen LogP contribution is -2.31. The number of nitrogens with zero attached hydrogens (tertiary/aromatic N) is 3. The Hall–Kier alpha value is -2.28. The first-order chi connectivity index (χ1) is 11.7. The molecule has 0 aliphatic carbocycles. The number of carbonyl (C=O) groups is 1. The first-order valence-electron chi connectivity index (χ1n) is 8.06. The molecule has 0 radical (unpaired) electrons. The Kier molecular flexibility index (Phi) is 5.20. The van der Waals surface area contributed by atoms with Gasteiger partial charge in [-0.3, -0.25) is 0 Å². The van der Waals surface area contributed by atoms with E-state index in [0.29, 0.717) is 36.0 Å². The maximum absolute atomic E-state index is 12.1. The molecule has 8 heteroatoms. The van der Waals surface area contributed by atoms with Gasteiger partial charge in [-0.25, -0.2) is 4.79 Å². The van der Waals surface area contributed by atoms with Crippen LogP contribution < -0.4 is 15.4 Å². The number of ether oxygens (including phenoxy) is 1. The molecule has 0 spiro atoms. The zero-order chi connectivity index (χ0) is 16.9. The minimum absolute atomic E-state index is 0.306. The van der Waals surface area contributed by atoms with Gasteiger partial charge < -0.3 is 19.9 Å². The minimum atomic E-state index is -0.306.